The van der Waals surface area contributed by atoms with Crippen molar-refractivity contribution in [1.82, 2.24) is 29.9 Å². The first-order chi connectivity index (χ1) is 15.8. The average Bonchev–Trinajstić information content (AvgIpc) is 3.33. The molecule has 2 aliphatic heterocycles. The van der Waals surface area contributed by atoms with E-state index in [4.69, 9.17) is 0 Å². The molecule has 2 aromatic heterocycles. The van der Waals surface area contributed by atoms with E-state index in [0.29, 0.717) is 19.2 Å². The summed E-state index contributed by atoms with van der Waals surface area (Å²) in [6.07, 6.45) is 2.35. The summed E-state index contributed by atoms with van der Waals surface area (Å²) in [6, 6.07) is 3.80. The van der Waals surface area contributed by atoms with Gasteiger partial charge < -0.3 is 10.2 Å². The number of carbonyl (C=O) groups is 1. The van der Waals surface area contributed by atoms with Gasteiger partial charge in [0.2, 0.25) is 0 Å². The first kappa shape index (κ1) is 21.3. The number of aromatic nitrogens is 5. The number of para-hydroxylation sites is 1. The molecule has 33 heavy (non-hydrogen) atoms. The number of halogens is 4. The van der Waals surface area contributed by atoms with E-state index in [0.717, 1.165) is 23.8 Å². The SMILES string of the molecule is O=C(c1cccc(F)c1-n1nccn1)N1C[C@@H]2CC[C@H]1[C@H](Nc1cnc(C(F)(F)F)cn1)C2. The topological polar surface area (TPSA) is 88.8 Å². The largest absolute Gasteiger partial charge is 0.434 e. The lowest BCUT2D eigenvalue weighted by molar-refractivity contribution is -0.141. The Balaban J connectivity index is 1.40. The Morgan fingerprint density at radius 1 is 1.09 bits per heavy atom. The Labute approximate surface area is 185 Å². The van der Waals surface area contributed by atoms with Crippen LogP contribution in [0.4, 0.5) is 23.4 Å². The van der Waals surface area contributed by atoms with Crippen LogP contribution in [0.15, 0.2) is 43.0 Å². The molecule has 3 aliphatic rings. The summed E-state index contributed by atoms with van der Waals surface area (Å²) >= 11 is 0. The van der Waals surface area contributed by atoms with Gasteiger partial charge >= 0.3 is 6.18 Å². The number of fused-ring (bicyclic) bond motifs is 3. The van der Waals surface area contributed by atoms with Crippen molar-refractivity contribution in [2.24, 2.45) is 5.92 Å². The fraction of sp³-hybridized carbons (Fsp3) is 0.381. The van der Waals surface area contributed by atoms with Gasteiger partial charge in [-0.15, -0.1) is 4.80 Å². The fourth-order valence-electron chi connectivity index (χ4n) is 4.70. The van der Waals surface area contributed by atoms with E-state index in [1.54, 1.807) is 4.90 Å². The molecule has 1 aliphatic carbocycles. The van der Waals surface area contributed by atoms with Gasteiger partial charge in [0.25, 0.3) is 5.91 Å². The van der Waals surface area contributed by atoms with Crippen LogP contribution in [0.3, 0.4) is 0 Å². The molecule has 12 heteroatoms. The maximum Gasteiger partial charge on any atom is 0.434 e. The predicted octanol–water partition coefficient (Wildman–Crippen LogP) is 3.32. The van der Waals surface area contributed by atoms with Crippen LogP contribution < -0.4 is 5.32 Å². The van der Waals surface area contributed by atoms with Gasteiger partial charge in [-0.3, -0.25) is 4.79 Å². The molecule has 1 saturated carbocycles. The van der Waals surface area contributed by atoms with E-state index >= 15 is 0 Å². The summed E-state index contributed by atoms with van der Waals surface area (Å²) in [5, 5.41) is 11.1. The number of hydrogen-bond donors (Lipinski definition) is 1. The van der Waals surface area contributed by atoms with Crippen molar-refractivity contribution in [3.05, 3.63) is 60.1 Å². The van der Waals surface area contributed by atoms with Gasteiger partial charge in [-0.05, 0) is 37.3 Å². The Bertz CT molecular complexity index is 1150. The van der Waals surface area contributed by atoms with Gasteiger partial charge in [-0.25, -0.2) is 14.4 Å². The highest BCUT2D eigenvalue weighted by Gasteiger charge is 2.44. The quantitative estimate of drug-likeness (QED) is 0.600. The molecule has 172 valence electrons. The third kappa shape index (κ3) is 4.00. The highest BCUT2D eigenvalue weighted by Crippen LogP contribution is 2.38. The number of hydrogen-bond acceptors (Lipinski definition) is 6. The van der Waals surface area contributed by atoms with Crippen molar-refractivity contribution in [2.45, 2.75) is 37.5 Å². The van der Waals surface area contributed by atoms with E-state index in [1.165, 1.54) is 30.6 Å². The smallest absolute Gasteiger partial charge is 0.364 e. The van der Waals surface area contributed by atoms with Crippen molar-refractivity contribution in [1.29, 1.82) is 0 Å². The van der Waals surface area contributed by atoms with Gasteiger partial charge in [0.15, 0.2) is 11.5 Å². The molecule has 1 N–H and O–H groups in total. The lowest BCUT2D eigenvalue weighted by Gasteiger charge is -2.50. The van der Waals surface area contributed by atoms with Gasteiger partial charge in [0.1, 0.15) is 11.5 Å². The summed E-state index contributed by atoms with van der Waals surface area (Å²) in [5.74, 6) is -0.547. The van der Waals surface area contributed by atoms with E-state index in [-0.39, 0.29) is 41.0 Å². The number of piperidine rings is 2. The highest BCUT2D eigenvalue weighted by molar-refractivity contribution is 5.98. The summed E-state index contributed by atoms with van der Waals surface area (Å²) in [5.41, 5.74) is -0.945. The average molecular weight is 461 g/mol. The predicted molar refractivity (Wildman–Crippen MR) is 108 cm³/mol. The molecule has 3 fully saturated rings. The minimum Gasteiger partial charge on any atom is -0.364 e. The number of alkyl halides is 3. The van der Waals surface area contributed by atoms with E-state index in [1.807, 2.05) is 0 Å². The van der Waals surface area contributed by atoms with Crippen molar-refractivity contribution in [3.8, 4) is 5.69 Å². The molecule has 3 atom stereocenters. The zero-order chi connectivity index (χ0) is 23.2. The molecule has 2 saturated heterocycles. The molecule has 3 aromatic rings. The zero-order valence-corrected chi connectivity index (χ0v) is 17.2. The van der Waals surface area contributed by atoms with E-state index < -0.39 is 17.7 Å². The van der Waals surface area contributed by atoms with E-state index in [2.05, 4.69) is 25.5 Å². The summed E-state index contributed by atoms with van der Waals surface area (Å²) in [4.78, 5) is 23.6. The molecule has 8 nitrogen and oxygen atoms in total. The van der Waals surface area contributed by atoms with Crippen molar-refractivity contribution >= 4 is 11.7 Å². The number of carbonyl (C=O) groups excluding carboxylic acids is 1. The van der Waals surface area contributed by atoms with Crippen LogP contribution in [0.1, 0.15) is 35.3 Å². The van der Waals surface area contributed by atoms with Gasteiger partial charge in [0, 0.05) is 12.6 Å². The van der Waals surface area contributed by atoms with Crippen LogP contribution in [0.25, 0.3) is 5.69 Å². The van der Waals surface area contributed by atoms with Crippen molar-refractivity contribution in [3.63, 3.8) is 0 Å². The van der Waals surface area contributed by atoms with E-state index in [9.17, 15) is 22.4 Å². The van der Waals surface area contributed by atoms with Gasteiger partial charge in [-0.1, -0.05) is 6.07 Å². The molecule has 2 bridgehead atoms. The van der Waals surface area contributed by atoms with Crippen LogP contribution in [0.2, 0.25) is 0 Å². The second kappa shape index (κ2) is 8.09. The monoisotopic (exact) mass is 461 g/mol. The molecular formula is C21H19F4N7O. The molecule has 1 amide bonds. The van der Waals surface area contributed by atoms with Crippen LogP contribution in [0, 0.1) is 11.7 Å². The summed E-state index contributed by atoms with van der Waals surface area (Å²) in [7, 11) is 0. The maximum absolute atomic E-state index is 14.6. The summed E-state index contributed by atoms with van der Waals surface area (Å²) in [6.45, 7) is 0.517. The first-order valence-electron chi connectivity index (χ1n) is 10.4. The fourth-order valence-corrected chi connectivity index (χ4v) is 4.70. The Kier molecular flexibility index (Phi) is 5.22. The number of anilines is 1. The highest BCUT2D eigenvalue weighted by atomic mass is 19.4. The van der Waals surface area contributed by atoms with Crippen molar-refractivity contribution in [2.75, 3.05) is 11.9 Å². The second-order valence-corrected chi connectivity index (χ2v) is 8.19. The molecule has 0 radical (unpaired) electrons. The zero-order valence-electron chi connectivity index (χ0n) is 17.2. The van der Waals surface area contributed by atoms with Crippen LogP contribution in [0.5, 0.6) is 0 Å². The maximum atomic E-state index is 14.6. The number of amides is 1. The Hall–Kier alpha value is -3.57. The normalized spacial score (nSPS) is 22.4. The number of benzene rings is 1. The molecule has 6 rings (SSSR count). The molecular weight excluding hydrogens is 442 g/mol. The van der Waals surface area contributed by atoms with Crippen LogP contribution in [-0.4, -0.2) is 54.4 Å². The standard InChI is InChI=1S/C21H19F4N7O/c22-14-3-1-2-13(19(14)32-28-6-7-29-32)20(33)31-11-12-4-5-16(31)15(8-12)30-18-10-26-17(9-27-18)21(23,24)25/h1-3,6-7,9-10,12,15-16H,4-5,8,11H2,(H,27,30)/t12-,15-,16+/m1/s1. The summed E-state index contributed by atoms with van der Waals surface area (Å²) < 4.78 is 52.9. The molecule has 1 aromatic carbocycles. The molecule has 0 unspecified atom stereocenters. The lowest BCUT2D eigenvalue weighted by Crippen LogP contribution is -2.60. The van der Waals surface area contributed by atoms with Crippen molar-refractivity contribution < 1.29 is 22.4 Å². The first-order valence-corrected chi connectivity index (χ1v) is 10.4. The second-order valence-electron chi connectivity index (χ2n) is 8.19. The number of nitrogens with one attached hydrogen (secondary N) is 1. The minimum atomic E-state index is -4.56. The van der Waals surface area contributed by atoms with Gasteiger partial charge in [0.05, 0.1) is 36.4 Å². The Morgan fingerprint density at radius 2 is 1.88 bits per heavy atom. The molecule has 4 heterocycles. The third-order valence-corrected chi connectivity index (χ3v) is 6.15. The van der Waals surface area contributed by atoms with Crippen LogP contribution >= 0.6 is 0 Å². The minimum absolute atomic E-state index is 0.0212. The number of rotatable bonds is 4. The van der Waals surface area contributed by atoms with Crippen LogP contribution in [-0.2, 0) is 6.18 Å². The lowest BCUT2D eigenvalue weighted by atomic mass is 9.76. The number of nitrogens with zero attached hydrogens (tertiary/aromatic N) is 6. The molecule has 0 spiro atoms. The van der Waals surface area contributed by atoms with Gasteiger partial charge in [-0.2, -0.15) is 23.4 Å². The third-order valence-electron chi connectivity index (χ3n) is 6.15. The Morgan fingerprint density at radius 3 is 2.55 bits per heavy atom.